The van der Waals surface area contributed by atoms with Gasteiger partial charge in [-0.15, -0.1) is 0 Å². The van der Waals surface area contributed by atoms with Crippen molar-refractivity contribution in [3.8, 4) is 0 Å². The Bertz CT molecular complexity index is 276. The van der Waals surface area contributed by atoms with Crippen LogP contribution in [-0.2, 0) is 4.79 Å². The van der Waals surface area contributed by atoms with Crippen LogP contribution in [0.5, 0.6) is 0 Å². The topological polar surface area (TPSA) is 42.0 Å². The Kier molecular flexibility index (Phi) is 3.76. The number of aromatic nitrogens is 1. The van der Waals surface area contributed by atoms with Crippen LogP contribution in [0.3, 0.4) is 0 Å². The summed E-state index contributed by atoms with van der Waals surface area (Å²) < 4.78 is 0. The second-order valence-corrected chi connectivity index (χ2v) is 3.18. The second-order valence-electron chi connectivity index (χ2n) is 2.81. The SMILES string of the molecule is CC(CS)C(=O)Nc1cccnc1. The fraction of sp³-hybridized carbons (Fsp3) is 0.333. The van der Waals surface area contributed by atoms with Crippen molar-refractivity contribution in [3.63, 3.8) is 0 Å². The lowest BCUT2D eigenvalue weighted by molar-refractivity contribution is -0.118. The minimum atomic E-state index is -0.0801. The zero-order valence-electron chi connectivity index (χ0n) is 7.40. The molecule has 0 saturated carbocycles. The van der Waals surface area contributed by atoms with Crippen molar-refractivity contribution in [1.29, 1.82) is 0 Å². The van der Waals surface area contributed by atoms with E-state index in [-0.39, 0.29) is 11.8 Å². The van der Waals surface area contributed by atoms with Gasteiger partial charge in [0, 0.05) is 17.9 Å². The van der Waals surface area contributed by atoms with E-state index in [9.17, 15) is 4.79 Å². The average Bonchev–Trinajstić information content (AvgIpc) is 2.18. The standard InChI is InChI=1S/C9H12N2OS/c1-7(6-13)9(12)11-8-3-2-4-10-5-8/h2-5,7,13H,6H2,1H3,(H,11,12). The molecule has 70 valence electrons. The molecule has 1 atom stereocenters. The first-order chi connectivity index (χ1) is 6.24. The van der Waals surface area contributed by atoms with Crippen LogP contribution < -0.4 is 5.32 Å². The van der Waals surface area contributed by atoms with Crippen LogP contribution in [0.15, 0.2) is 24.5 Å². The Balaban J connectivity index is 2.55. The maximum absolute atomic E-state index is 11.4. The van der Waals surface area contributed by atoms with Gasteiger partial charge in [0.2, 0.25) is 5.91 Å². The van der Waals surface area contributed by atoms with Crippen molar-refractivity contribution >= 4 is 24.2 Å². The van der Waals surface area contributed by atoms with Crippen molar-refractivity contribution in [2.75, 3.05) is 11.1 Å². The molecule has 0 saturated heterocycles. The molecule has 4 heteroatoms. The number of pyridine rings is 1. The zero-order valence-corrected chi connectivity index (χ0v) is 8.29. The average molecular weight is 196 g/mol. The Labute approximate surface area is 83.0 Å². The molecule has 0 spiro atoms. The first-order valence-electron chi connectivity index (χ1n) is 4.06. The number of thiol groups is 1. The van der Waals surface area contributed by atoms with Crippen molar-refractivity contribution in [2.24, 2.45) is 5.92 Å². The molecule has 1 aromatic heterocycles. The molecule has 1 rings (SSSR count). The Morgan fingerprint density at radius 1 is 1.77 bits per heavy atom. The molecule has 0 aliphatic rings. The van der Waals surface area contributed by atoms with Crippen LogP contribution in [-0.4, -0.2) is 16.6 Å². The van der Waals surface area contributed by atoms with Gasteiger partial charge in [-0.2, -0.15) is 12.6 Å². The Morgan fingerprint density at radius 3 is 3.08 bits per heavy atom. The van der Waals surface area contributed by atoms with Gasteiger partial charge in [-0.1, -0.05) is 6.92 Å². The van der Waals surface area contributed by atoms with E-state index in [1.54, 1.807) is 24.5 Å². The third-order valence-electron chi connectivity index (χ3n) is 1.65. The number of hydrogen-bond acceptors (Lipinski definition) is 3. The van der Waals surface area contributed by atoms with E-state index in [1.807, 2.05) is 6.92 Å². The molecule has 1 N–H and O–H groups in total. The predicted octanol–water partition coefficient (Wildman–Crippen LogP) is 1.59. The van der Waals surface area contributed by atoms with Gasteiger partial charge in [0.15, 0.2) is 0 Å². The highest BCUT2D eigenvalue weighted by atomic mass is 32.1. The summed E-state index contributed by atoms with van der Waals surface area (Å²) in [4.78, 5) is 15.2. The lowest BCUT2D eigenvalue weighted by atomic mass is 10.2. The fourth-order valence-corrected chi connectivity index (χ4v) is 0.951. The van der Waals surface area contributed by atoms with Gasteiger partial charge in [-0.3, -0.25) is 9.78 Å². The molecule has 3 nitrogen and oxygen atoms in total. The zero-order chi connectivity index (χ0) is 9.68. The summed E-state index contributed by atoms with van der Waals surface area (Å²) in [5.41, 5.74) is 0.723. The highest BCUT2D eigenvalue weighted by Crippen LogP contribution is 2.06. The van der Waals surface area contributed by atoms with Gasteiger partial charge >= 0.3 is 0 Å². The van der Waals surface area contributed by atoms with Gasteiger partial charge in [0.05, 0.1) is 11.9 Å². The maximum atomic E-state index is 11.4. The number of amides is 1. The van der Waals surface area contributed by atoms with Gasteiger partial charge in [-0.25, -0.2) is 0 Å². The summed E-state index contributed by atoms with van der Waals surface area (Å²) in [7, 11) is 0. The number of anilines is 1. The number of rotatable bonds is 3. The molecule has 0 aliphatic heterocycles. The summed E-state index contributed by atoms with van der Waals surface area (Å²) >= 11 is 4.04. The van der Waals surface area contributed by atoms with Crippen molar-refractivity contribution < 1.29 is 4.79 Å². The Morgan fingerprint density at radius 2 is 2.54 bits per heavy atom. The minimum Gasteiger partial charge on any atom is -0.324 e. The number of carbonyl (C=O) groups is 1. The van der Waals surface area contributed by atoms with Gasteiger partial charge < -0.3 is 5.32 Å². The first kappa shape index (κ1) is 10.1. The highest BCUT2D eigenvalue weighted by molar-refractivity contribution is 7.80. The number of nitrogens with one attached hydrogen (secondary N) is 1. The lowest BCUT2D eigenvalue weighted by Crippen LogP contribution is -2.21. The molecular formula is C9H12N2OS. The summed E-state index contributed by atoms with van der Waals surface area (Å²) in [6.07, 6.45) is 3.28. The highest BCUT2D eigenvalue weighted by Gasteiger charge is 2.10. The minimum absolute atomic E-state index is 0.0250. The molecular weight excluding hydrogens is 184 g/mol. The van der Waals surface area contributed by atoms with Crippen LogP contribution >= 0.6 is 12.6 Å². The molecule has 0 aliphatic carbocycles. The second kappa shape index (κ2) is 4.87. The van der Waals surface area contributed by atoms with Gasteiger partial charge in [0.25, 0.3) is 0 Å². The van der Waals surface area contributed by atoms with Crippen LogP contribution in [0, 0.1) is 5.92 Å². The van der Waals surface area contributed by atoms with Gasteiger partial charge in [-0.05, 0) is 12.1 Å². The van der Waals surface area contributed by atoms with Crippen molar-refractivity contribution in [3.05, 3.63) is 24.5 Å². The molecule has 1 unspecified atom stereocenters. The largest absolute Gasteiger partial charge is 0.324 e. The molecule has 1 amide bonds. The van der Waals surface area contributed by atoms with Crippen LogP contribution in [0.25, 0.3) is 0 Å². The molecule has 0 fully saturated rings. The van der Waals surface area contributed by atoms with Crippen molar-refractivity contribution in [2.45, 2.75) is 6.92 Å². The summed E-state index contributed by atoms with van der Waals surface area (Å²) in [6.45, 7) is 1.83. The van der Waals surface area contributed by atoms with E-state index in [1.165, 1.54) is 0 Å². The summed E-state index contributed by atoms with van der Waals surface area (Å²) in [5.74, 6) is 0.443. The summed E-state index contributed by atoms with van der Waals surface area (Å²) in [5, 5.41) is 2.74. The van der Waals surface area contributed by atoms with E-state index < -0.39 is 0 Å². The third kappa shape index (κ3) is 3.06. The molecule has 1 heterocycles. The third-order valence-corrected chi connectivity index (χ3v) is 2.20. The van der Waals surface area contributed by atoms with E-state index in [2.05, 4.69) is 22.9 Å². The lowest BCUT2D eigenvalue weighted by Gasteiger charge is -2.08. The van der Waals surface area contributed by atoms with Crippen LogP contribution in [0.2, 0.25) is 0 Å². The monoisotopic (exact) mass is 196 g/mol. The number of nitrogens with zero attached hydrogens (tertiary/aromatic N) is 1. The number of carbonyl (C=O) groups excluding carboxylic acids is 1. The Hall–Kier alpha value is -1.03. The smallest absolute Gasteiger partial charge is 0.228 e. The maximum Gasteiger partial charge on any atom is 0.228 e. The molecule has 1 aromatic rings. The summed E-state index contributed by atoms with van der Waals surface area (Å²) in [6, 6.07) is 3.58. The normalized spacial score (nSPS) is 12.2. The fourth-order valence-electron chi connectivity index (χ4n) is 0.785. The quantitative estimate of drug-likeness (QED) is 0.721. The predicted molar refractivity (Wildman–Crippen MR) is 55.9 cm³/mol. The van der Waals surface area contributed by atoms with E-state index in [0.717, 1.165) is 5.69 Å². The van der Waals surface area contributed by atoms with Crippen LogP contribution in [0.4, 0.5) is 5.69 Å². The van der Waals surface area contributed by atoms with E-state index in [0.29, 0.717) is 5.75 Å². The molecule has 13 heavy (non-hydrogen) atoms. The van der Waals surface area contributed by atoms with Crippen molar-refractivity contribution in [1.82, 2.24) is 4.98 Å². The van der Waals surface area contributed by atoms with E-state index >= 15 is 0 Å². The molecule has 0 aromatic carbocycles. The van der Waals surface area contributed by atoms with Crippen LogP contribution in [0.1, 0.15) is 6.92 Å². The van der Waals surface area contributed by atoms with Gasteiger partial charge in [0.1, 0.15) is 0 Å². The molecule has 0 radical (unpaired) electrons. The number of hydrogen-bond donors (Lipinski definition) is 2. The van der Waals surface area contributed by atoms with E-state index in [4.69, 9.17) is 0 Å². The molecule has 0 bridgehead atoms. The first-order valence-corrected chi connectivity index (χ1v) is 4.69.